The lowest BCUT2D eigenvalue weighted by Crippen LogP contribution is -2.33. The zero-order valence-electron chi connectivity index (χ0n) is 11.7. The van der Waals surface area contributed by atoms with Gasteiger partial charge in [0, 0.05) is 23.1 Å². The molecule has 1 aliphatic carbocycles. The van der Waals surface area contributed by atoms with Crippen molar-refractivity contribution in [3.63, 3.8) is 0 Å². The van der Waals surface area contributed by atoms with Gasteiger partial charge in [0.25, 0.3) is 0 Å². The Labute approximate surface area is 132 Å². The van der Waals surface area contributed by atoms with Crippen molar-refractivity contribution in [3.05, 3.63) is 58.1 Å². The molecule has 1 atom stereocenters. The monoisotopic (exact) mass is 345 g/mol. The van der Waals surface area contributed by atoms with Crippen molar-refractivity contribution >= 4 is 27.5 Å². The normalized spacial score (nSPS) is 16.6. The van der Waals surface area contributed by atoms with Crippen molar-refractivity contribution < 1.29 is 9.90 Å². The Bertz CT molecular complexity index is 682. The van der Waals surface area contributed by atoms with Gasteiger partial charge in [-0.2, -0.15) is 0 Å². The maximum Gasteiger partial charge on any atom is 0.230 e. The molecule has 0 aliphatic heterocycles. The molecule has 3 rings (SSSR count). The number of carbonyl (C=O) groups excluding carboxylic acids is 1. The first-order valence-electron chi connectivity index (χ1n) is 6.88. The van der Waals surface area contributed by atoms with E-state index in [2.05, 4.69) is 28.1 Å². The van der Waals surface area contributed by atoms with Gasteiger partial charge in [-0.3, -0.25) is 4.79 Å². The van der Waals surface area contributed by atoms with Crippen LogP contribution in [0.1, 0.15) is 11.1 Å². The minimum absolute atomic E-state index is 0.00639. The molecule has 1 N–H and O–H groups in total. The van der Waals surface area contributed by atoms with Gasteiger partial charge in [-0.15, -0.1) is 0 Å². The smallest absolute Gasteiger partial charge is 0.230 e. The van der Waals surface area contributed by atoms with Crippen LogP contribution in [0.5, 0.6) is 5.75 Å². The van der Waals surface area contributed by atoms with Crippen LogP contribution < -0.4 is 4.90 Å². The highest BCUT2D eigenvalue weighted by Crippen LogP contribution is 2.31. The van der Waals surface area contributed by atoms with E-state index in [1.807, 2.05) is 6.07 Å². The number of hydrogen-bond acceptors (Lipinski definition) is 2. The highest BCUT2D eigenvalue weighted by atomic mass is 79.9. The number of carbonyl (C=O) groups is 1. The van der Waals surface area contributed by atoms with E-state index >= 15 is 0 Å². The minimum Gasteiger partial charge on any atom is -0.508 e. The van der Waals surface area contributed by atoms with Crippen molar-refractivity contribution in [1.29, 1.82) is 0 Å². The number of fused-ring (bicyclic) bond motifs is 1. The summed E-state index contributed by atoms with van der Waals surface area (Å²) in [5.74, 6) is 0.318. The van der Waals surface area contributed by atoms with Crippen LogP contribution >= 0.6 is 15.9 Å². The van der Waals surface area contributed by atoms with Gasteiger partial charge in [-0.25, -0.2) is 0 Å². The second kappa shape index (κ2) is 5.53. The highest BCUT2D eigenvalue weighted by Gasteiger charge is 2.29. The van der Waals surface area contributed by atoms with E-state index in [1.165, 1.54) is 11.1 Å². The van der Waals surface area contributed by atoms with Gasteiger partial charge >= 0.3 is 0 Å². The molecule has 0 saturated heterocycles. The lowest BCUT2D eigenvalue weighted by atomic mass is 10.0. The molecule has 0 saturated carbocycles. The van der Waals surface area contributed by atoms with Gasteiger partial charge < -0.3 is 10.0 Å². The van der Waals surface area contributed by atoms with E-state index in [9.17, 15) is 9.90 Å². The molecule has 0 aromatic heterocycles. The van der Waals surface area contributed by atoms with Crippen LogP contribution in [0.2, 0.25) is 0 Å². The van der Waals surface area contributed by atoms with Gasteiger partial charge in [-0.1, -0.05) is 22.0 Å². The van der Waals surface area contributed by atoms with Crippen LogP contribution in [0.15, 0.2) is 46.9 Å². The molecule has 21 heavy (non-hydrogen) atoms. The average molecular weight is 346 g/mol. The van der Waals surface area contributed by atoms with Gasteiger partial charge in [0.15, 0.2) is 0 Å². The maximum atomic E-state index is 12.6. The fourth-order valence-corrected chi connectivity index (χ4v) is 3.25. The summed E-state index contributed by atoms with van der Waals surface area (Å²) >= 11 is 3.48. The van der Waals surface area contributed by atoms with Crippen LogP contribution in [-0.2, 0) is 17.6 Å². The molecule has 2 aromatic rings. The molecule has 1 amide bonds. The quantitative estimate of drug-likeness (QED) is 0.904. The van der Waals surface area contributed by atoms with Crippen molar-refractivity contribution in [1.82, 2.24) is 0 Å². The predicted molar refractivity (Wildman–Crippen MR) is 86.6 cm³/mol. The summed E-state index contributed by atoms with van der Waals surface area (Å²) in [5.41, 5.74) is 3.31. The number of phenols is 1. The summed E-state index contributed by atoms with van der Waals surface area (Å²) in [6.07, 6.45) is 1.58. The van der Waals surface area contributed by atoms with Crippen molar-refractivity contribution in [2.75, 3.05) is 11.9 Å². The fourth-order valence-electron chi connectivity index (χ4n) is 2.84. The zero-order chi connectivity index (χ0) is 15.0. The van der Waals surface area contributed by atoms with Crippen molar-refractivity contribution in [3.8, 4) is 5.75 Å². The molecule has 0 spiro atoms. The molecule has 3 nitrogen and oxygen atoms in total. The third-order valence-corrected chi connectivity index (χ3v) is 4.51. The minimum atomic E-state index is -0.00639. The summed E-state index contributed by atoms with van der Waals surface area (Å²) in [6.45, 7) is 0. The van der Waals surface area contributed by atoms with Gasteiger partial charge in [0.1, 0.15) is 5.75 Å². The lowest BCUT2D eigenvalue weighted by molar-refractivity contribution is -0.121. The molecule has 108 valence electrons. The number of hydrogen-bond donors (Lipinski definition) is 1. The van der Waals surface area contributed by atoms with E-state index in [0.717, 1.165) is 23.0 Å². The summed E-state index contributed by atoms with van der Waals surface area (Å²) in [5, 5.41) is 9.33. The Morgan fingerprint density at radius 1 is 1.14 bits per heavy atom. The van der Waals surface area contributed by atoms with Crippen LogP contribution in [0, 0.1) is 5.92 Å². The highest BCUT2D eigenvalue weighted by molar-refractivity contribution is 9.10. The molecule has 1 aliphatic rings. The first kappa shape index (κ1) is 14.1. The number of benzene rings is 2. The number of aromatic hydroxyl groups is 1. The Morgan fingerprint density at radius 3 is 2.52 bits per heavy atom. The van der Waals surface area contributed by atoms with E-state index in [1.54, 1.807) is 36.2 Å². The molecule has 0 heterocycles. The number of rotatable bonds is 2. The van der Waals surface area contributed by atoms with Crippen LogP contribution in [-0.4, -0.2) is 18.1 Å². The third-order valence-electron chi connectivity index (χ3n) is 4.02. The molecular formula is C17H16BrNO2. The third kappa shape index (κ3) is 2.81. The summed E-state index contributed by atoms with van der Waals surface area (Å²) in [4.78, 5) is 14.3. The Hall–Kier alpha value is -1.81. The van der Waals surface area contributed by atoms with E-state index in [0.29, 0.717) is 0 Å². The lowest BCUT2D eigenvalue weighted by Gasteiger charge is -2.21. The van der Waals surface area contributed by atoms with E-state index < -0.39 is 0 Å². The Kier molecular flexibility index (Phi) is 3.72. The summed E-state index contributed by atoms with van der Waals surface area (Å²) in [7, 11) is 1.79. The number of anilines is 1. The van der Waals surface area contributed by atoms with Crippen molar-refractivity contribution in [2.45, 2.75) is 12.8 Å². The van der Waals surface area contributed by atoms with Gasteiger partial charge in [0.05, 0.1) is 0 Å². The molecule has 0 fully saturated rings. The predicted octanol–water partition coefficient (Wildman–Crippen LogP) is 3.53. The molecule has 2 aromatic carbocycles. The standard InChI is InChI=1S/C17H16BrNO2/c1-19(15-4-6-16(20)7-5-15)17(21)13-8-11-2-3-14(18)10-12(11)9-13/h2-7,10,13,20H,8-9H2,1H3. The topological polar surface area (TPSA) is 40.5 Å². The van der Waals surface area contributed by atoms with Crippen LogP contribution in [0.3, 0.4) is 0 Å². The first-order chi connectivity index (χ1) is 10.0. The molecular weight excluding hydrogens is 330 g/mol. The Balaban J connectivity index is 1.76. The SMILES string of the molecule is CN(C(=O)C1Cc2ccc(Br)cc2C1)c1ccc(O)cc1. The molecule has 0 radical (unpaired) electrons. The molecule has 4 heteroatoms. The second-order valence-corrected chi connectivity index (χ2v) is 6.35. The maximum absolute atomic E-state index is 12.6. The molecule has 0 bridgehead atoms. The summed E-state index contributed by atoms with van der Waals surface area (Å²) in [6, 6.07) is 12.9. The van der Waals surface area contributed by atoms with Gasteiger partial charge in [-0.05, 0) is 60.4 Å². The van der Waals surface area contributed by atoms with E-state index in [4.69, 9.17) is 0 Å². The molecule has 1 unspecified atom stereocenters. The first-order valence-corrected chi connectivity index (χ1v) is 7.68. The van der Waals surface area contributed by atoms with Crippen molar-refractivity contribution in [2.24, 2.45) is 5.92 Å². The van der Waals surface area contributed by atoms with E-state index in [-0.39, 0.29) is 17.6 Å². The second-order valence-electron chi connectivity index (χ2n) is 5.43. The number of phenolic OH excluding ortho intramolecular Hbond substituents is 1. The number of amides is 1. The largest absolute Gasteiger partial charge is 0.508 e. The number of halogens is 1. The van der Waals surface area contributed by atoms with Crippen LogP contribution in [0.4, 0.5) is 5.69 Å². The average Bonchev–Trinajstić information content (AvgIpc) is 2.89. The number of nitrogens with zero attached hydrogens (tertiary/aromatic N) is 1. The fraction of sp³-hybridized carbons (Fsp3) is 0.235. The van der Waals surface area contributed by atoms with Crippen LogP contribution in [0.25, 0.3) is 0 Å². The zero-order valence-corrected chi connectivity index (χ0v) is 13.3. The van der Waals surface area contributed by atoms with Gasteiger partial charge in [0.2, 0.25) is 5.91 Å². The Morgan fingerprint density at radius 2 is 1.81 bits per heavy atom. The summed E-state index contributed by atoms with van der Waals surface area (Å²) < 4.78 is 1.06.